The van der Waals surface area contributed by atoms with Crippen molar-refractivity contribution in [3.05, 3.63) is 68.6 Å². The first-order valence-electron chi connectivity index (χ1n) is 11.9. The van der Waals surface area contributed by atoms with Gasteiger partial charge in [-0.25, -0.2) is 4.79 Å². The third-order valence-corrected chi connectivity index (χ3v) is 8.31. The van der Waals surface area contributed by atoms with E-state index in [1.807, 2.05) is 17.0 Å². The molecule has 0 radical (unpaired) electrons. The van der Waals surface area contributed by atoms with Crippen molar-refractivity contribution in [2.24, 2.45) is 5.73 Å². The van der Waals surface area contributed by atoms with E-state index in [1.54, 1.807) is 13.0 Å². The monoisotopic (exact) mass is 457 g/mol. The van der Waals surface area contributed by atoms with Crippen LogP contribution < -0.4 is 21.0 Å². The molecule has 4 aliphatic rings. The number of nitrogens with two attached hydrogens (primary N) is 1. The normalized spacial score (nSPS) is 25.7. The molecule has 2 aromatic rings. The molecule has 1 aromatic heterocycles. The number of anilines is 1. The Balaban J connectivity index is 1.78. The quantitative estimate of drug-likeness (QED) is 0.639. The molecule has 4 heterocycles. The minimum Gasteiger partial charge on any atom is -0.440 e. The molecule has 3 aliphatic heterocycles. The van der Waals surface area contributed by atoms with Gasteiger partial charge in [-0.2, -0.15) is 5.26 Å². The van der Waals surface area contributed by atoms with Crippen LogP contribution in [0.1, 0.15) is 74.8 Å². The molecule has 34 heavy (non-hydrogen) atoms. The number of carbonyl (C=O) groups is 1. The molecule has 1 amide bonds. The van der Waals surface area contributed by atoms with Crippen molar-refractivity contribution in [2.45, 2.75) is 75.7 Å². The molecule has 0 unspecified atom stereocenters. The first-order valence-corrected chi connectivity index (χ1v) is 11.9. The number of nitriles is 1. The minimum atomic E-state index is -1.68. The fourth-order valence-corrected chi connectivity index (χ4v) is 7.18. The Hall–Kier alpha value is -3.53. The summed E-state index contributed by atoms with van der Waals surface area (Å²) in [5, 5.41) is 10.3. The van der Waals surface area contributed by atoms with Crippen molar-refractivity contribution < 1.29 is 13.9 Å². The Bertz CT molecular complexity index is 1400. The fourth-order valence-electron chi connectivity index (χ4n) is 7.18. The molecule has 1 aromatic carbocycles. The number of para-hydroxylation sites is 1. The average Bonchev–Trinajstić information content (AvgIpc) is 3.02. The van der Waals surface area contributed by atoms with E-state index in [2.05, 4.69) is 26.0 Å². The van der Waals surface area contributed by atoms with Crippen LogP contribution in [0.4, 0.5) is 5.69 Å². The highest BCUT2D eigenvalue weighted by molar-refractivity contribution is 6.16. The summed E-state index contributed by atoms with van der Waals surface area (Å²) < 4.78 is 11.2. The van der Waals surface area contributed by atoms with Gasteiger partial charge in [0, 0.05) is 17.2 Å². The van der Waals surface area contributed by atoms with Crippen molar-refractivity contribution >= 4 is 11.6 Å². The summed E-state index contributed by atoms with van der Waals surface area (Å²) in [4.78, 5) is 30.1. The second-order valence-electron chi connectivity index (χ2n) is 10.8. The van der Waals surface area contributed by atoms with Gasteiger partial charge in [-0.1, -0.05) is 51.3 Å². The molecular weight excluding hydrogens is 430 g/mol. The molecule has 2 N–H and O–H groups in total. The lowest BCUT2D eigenvalue weighted by atomic mass is 9.64. The van der Waals surface area contributed by atoms with Crippen molar-refractivity contribution in [1.29, 1.82) is 5.26 Å². The van der Waals surface area contributed by atoms with Crippen LogP contribution in [0.15, 0.2) is 44.9 Å². The van der Waals surface area contributed by atoms with Crippen LogP contribution in [0, 0.1) is 18.3 Å². The molecule has 1 aliphatic carbocycles. The van der Waals surface area contributed by atoms with Gasteiger partial charge in [0.25, 0.3) is 0 Å². The molecule has 0 bridgehead atoms. The number of carbonyl (C=O) groups excluding carboxylic acids is 1. The Kier molecular flexibility index (Phi) is 4.04. The third-order valence-electron chi connectivity index (χ3n) is 8.31. The summed E-state index contributed by atoms with van der Waals surface area (Å²) in [7, 11) is 0. The summed E-state index contributed by atoms with van der Waals surface area (Å²) in [5.41, 5.74) is 5.83. The number of rotatable bonds is 0. The standard InChI is InChI=1S/C27H27N3O4/c1-15-12-19-20(23(31)33-15)27(18(13-28)22(29)34-19)17-9-7-8-16-21(17)30(24(27)32)26(14-25(16,2)3)10-5-4-6-11-26/h7-9,12H,4-6,10-11,14,29H2,1-3H3/t27-/m0/s1. The number of hydrogen-bond acceptors (Lipinski definition) is 6. The van der Waals surface area contributed by atoms with Gasteiger partial charge in [-0.05, 0) is 37.2 Å². The second-order valence-corrected chi connectivity index (χ2v) is 10.8. The number of fused-ring (bicyclic) bond motifs is 4. The van der Waals surface area contributed by atoms with E-state index in [9.17, 15) is 14.9 Å². The van der Waals surface area contributed by atoms with Crippen LogP contribution in [0.2, 0.25) is 0 Å². The molecule has 0 saturated heterocycles. The molecule has 7 heteroatoms. The summed E-state index contributed by atoms with van der Waals surface area (Å²) in [6.07, 6.45) is 5.81. The zero-order chi connectivity index (χ0) is 24.0. The second kappa shape index (κ2) is 6.53. The van der Waals surface area contributed by atoms with E-state index < -0.39 is 11.0 Å². The van der Waals surface area contributed by atoms with Crippen LogP contribution >= 0.6 is 0 Å². The van der Waals surface area contributed by atoms with E-state index in [0.717, 1.165) is 49.8 Å². The van der Waals surface area contributed by atoms with Crippen LogP contribution in [-0.2, 0) is 15.6 Å². The summed E-state index contributed by atoms with van der Waals surface area (Å²) >= 11 is 0. The van der Waals surface area contributed by atoms with Gasteiger partial charge in [0.2, 0.25) is 11.8 Å². The zero-order valence-electron chi connectivity index (χ0n) is 19.7. The number of benzene rings is 1. The van der Waals surface area contributed by atoms with Gasteiger partial charge in [0.15, 0.2) is 5.41 Å². The van der Waals surface area contributed by atoms with Crippen LogP contribution in [0.5, 0.6) is 5.75 Å². The third kappa shape index (κ3) is 2.31. The maximum Gasteiger partial charge on any atom is 0.344 e. The maximum absolute atomic E-state index is 14.8. The highest BCUT2D eigenvalue weighted by Crippen LogP contribution is 2.63. The van der Waals surface area contributed by atoms with E-state index in [1.165, 1.54) is 0 Å². The number of hydrogen-bond donors (Lipinski definition) is 1. The van der Waals surface area contributed by atoms with Crippen LogP contribution in [0.3, 0.4) is 0 Å². The SMILES string of the molecule is Cc1cc2c(c(=O)o1)[C@@]1(C(=O)N3c4c(cccc41)C(C)(C)CC31CCCCC1)C(C#N)=C(N)O2. The average molecular weight is 458 g/mol. The summed E-state index contributed by atoms with van der Waals surface area (Å²) in [6, 6.07) is 9.53. The zero-order valence-corrected chi connectivity index (χ0v) is 19.7. The smallest absolute Gasteiger partial charge is 0.344 e. The summed E-state index contributed by atoms with van der Waals surface area (Å²) in [6.45, 7) is 6.08. The lowest BCUT2D eigenvalue weighted by molar-refractivity contribution is -0.122. The van der Waals surface area contributed by atoms with Crippen molar-refractivity contribution in [2.75, 3.05) is 4.90 Å². The van der Waals surface area contributed by atoms with Crippen LogP contribution in [0.25, 0.3) is 0 Å². The molecule has 1 saturated carbocycles. The lowest BCUT2D eigenvalue weighted by Crippen LogP contribution is -2.60. The van der Waals surface area contributed by atoms with Gasteiger partial charge in [0.1, 0.15) is 28.7 Å². The number of aryl methyl sites for hydroxylation is 1. The van der Waals surface area contributed by atoms with Crippen molar-refractivity contribution in [1.82, 2.24) is 0 Å². The number of nitrogens with zero attached hydrogens (tertiary/aromatic N) is 2. The molecular formula is C27H27N3O4. The minimum absolute atomic E-state index is 0.0421. The van der Waals surface area contributed by atoms with E-state index in [0.29, 0.717) is 11.3 Å². The fraction of sp³-hybridized carbons (Fsp3) is 0.444. The summed E-state index contributed by atoms with van der Waals surface area (Å²) in [5.74, 6) is 0.0703. The molecule has 1 fully saturated rings. The topological polar surface area (TPSA) is 110 Å². The Labute approximate surface area is 197 Å². The molecule has 1 atom stereocenters. The van der Waals surface area contributed by atoms with E-state index in [4.69, 9.17) is 14.9 Å². The van der Waals surface area contributed by atoms with Gasteiger partial charge >= 0.3 is 5.63 Å². The number of amides is 1. The predicted molar refractivity (Wildman–Crippen MR) is 125 cm³/mol. The molecule has 2 spiro atoms. The Morgan fingerprint density at radius 1 is 1.12 bits per heavy atom. The van der Waals surface area contributed by atoms with Crippen molar-refractivity contribution in [3.63, 3.8) is 0 Å². The van der Waals surface area contributed by atoms with E-state index >= 15 is 0 Å². The van der Waals surface area contributed by atoms with E-state index in [-0.39, 0.29) is 39.6 Å². The number of ether oxygens (including phenoxy) is 1. The predicted octanol–water partition coefficient (Wildman–Crippen LogP) is 4.05. The van der Waals surface area contributed by atoms with Gasteiger partial charge in [0.05, 0.1) is 5.69 Å². The maximum atomic E-state index is 14.8. The Morgan fingerprint density at radius 2 is 1.82 bits per heavy atom. The highest BCUT2D eigenvalue weighted by atomic mass is 16.5. The van der Waals surface area contributed by atoms with Gasteiger partial charge in [-0.15, -0.1) is 0 Å². The molecule has 7 nitrogen and oxygen atoms in total. The highest BCUT2D eigenvalue weighted by Gasteiger charge is 2.66. The van der Waals surface area contributed by atoms with Gasteiger partial charge < -0.3 is 19.8 Å². The molecule has 174 valence electrons. The van der Waals surface area contributed by atoms with Gasteiger partial charge in [-0.3, -0.25) is 4.79 Å². The largest absolute Gasteiger partial charge is 0.440 e. The van der Waals surface area contributed by atoms with Crippen molar-refractivity contribution in [3.8, 4) is 11.8 Å². The Morgan fingerprint density at radius 3 is 2.53 bits per heavy atom. The first kappa shape index (κ1) is 21.0. The van der Waals surface area contributed by atoms with Crippen LogP contribution in [-0.4, -0.2) is 11.4 Å². The molecule has 6 rings (SSSR count). The lowest BCUT2D eigenvalue weighted by Gasteiger charge is -2.53. The first-order chi connectivity index (χ1) is 16.2.